The summed E-state index contributed by atoms with van der Waals surface area (Å²) in [7, 11) is 0. The van der Waals surface area contributed by atoms with Gasteiger partial charge in [-0.25, -0.2) is 0 Å². The Kier molecular flexibility index (Phi) is 9.98. The maximum absolute atomic E-state index is 9.67. The molecule has 6 heteroatoms. The molecule has 0 radical (unpaired) electrons. The molecule has 9 aromatic carbocycles. The van der Waals surface area contributed by atoms with Crippen molar-refractivity contribution in [2.45, 2.75) is 12.5 Å². The van der Waals surface area contributed by atoms with Gasteiger partial charge >= 0.3 is 0 Å². The van der Waals surface area contributed by atoms with Gasteiger partial charge in [0.1, 0.15) is 0 Å². The number of para-hydroxylation sites is 3. The fraction of sp³-hybridized carbons (Fsp3) is 0.0323. The molecule has 2 heterocycles. The normalized spacial score (nSPS) is 13.2. The van der Waals surface area contributed by atoms with Gasteiger partial charge in [0, 0.05) is 72.4 Å². The fourth-order valence-corrected chi connectivity index (χ4v) is 10.1. The number of hydrogen-bond donors (Lipinski definition) is 0. The lowest BCUT2D eigenvalue weighted by Gasteiger charge is -2.26. The molecule has 1 aliphatic rings. The Balaban J connectivity index is 0.912. The summed E-state index contributed by atoms with van der Waals surface area (Å²) < 4.78 is 4.80. The zero-order valence-corrected chi connectivity index (χ0v) is 37.0. The molecule has 68 heavy (non-hydrogen) atoms. The van der Waals surface area contributed by atoms with Crippen molar-refractivity contribution in [3.05, 3.63) is 248 Å². The smallest absolute Gasteiger partial charge is 0.0991 e. The van der Waals surface area contributed by atoms with Crippen LogP contribution in [0.4, 0.5) is 34.1 Å². The van der Waals surface area contributed by atoms with Crippen molar-refractivity contribution in [1.29, 1.82) is 10.5 Å². The monoisotopic (exact) mass is 870 g/mol. The van der Waals surface area contributed by atoms with Gasteiger partial charge in [-0.1, -0.05) is 103 Å². The van der Waals surface area contributed by atoms with E-state index < -0.39 is 0 Å². The lowest BCUT2D eigenvalue weighted by Crippen LogP contribution is -2.10. The van der Waals surface area contributed by atoms with Gasteiger partial charge in [-0.2, -0.15) is 10.5 Å². The maximum Gasteiger partial charge on any atom is 0.0991 e. The zero-order valence-electron chi connectivity index (χ0n) is 37.0. The van der Waals surface area contributed by atoms with Crippen LogP contribution in [0.15, 0.2) is 237 Å². The van der Waals surface area contributed by atoms with Gasteiger partial charge in [0.05, 0.1) is 40.3 Å². The van der Waals surface area contributed by atoms with Crippen molar-refractivity contribution in [2.24, 2.45) is 0 Å². The van der Waals surface area contributed by atoms with E-state index >= 15 is 0 Å². The van der Waals surface area contributed by atoms with Gasteiger partial charge in [0.25, 0.3) is 0 Å². The van der Waals surface area contributed by atoms with E-state index in [4.69, 9.17) is 0 Å². The molecule has 1 atom stereocenters. The highest BCUT2D eigenvalue weighted by molar-refractivity contribution is 6.11. The van der Waals surface area contributed by atoms with E-state index in [1.165, 1.54) is 27.2 Å². The molecule has 0 N–H and O–H groups in total. The van der Waals surface area contributed by atoms with Gasteiger partial charge in [0.2, 0.25) is 0 Å². The minimum atomic E-state index is 0.243. The fourth-order valence-electron chi connectivity index (χ4n) is 10.1. The predicted molar refractivity (Wildman–Crippen MR) is 280 cm³/mol. The Morgan fingerprint density at radius 1 is 0.397 bits per heavy atom. The van der Waals surface area contributed by atoms with Gasteiger partial charge < -0.3 is 18.9 Å². The number of allylic oxidation sites excluding steroid dienone is 4. The molecule has 1 aliphatic carbocycles. The van der Waals surface area contributed by atoms with Crippen LogP contribution in [0.25, 0.3) is 60.4 Å². The number of aromatic nitrogens is 2. The van der Waals surface area contributed by atoms with Crippen LogP contribution in [0.1, 0.15) is 23.6 Å². The molecule has 0 amide bonds. The summed E-state index contributed by atoms with van der Waals surface area (Å²) in [5, 5.41) is 24.1. The third kappa shape index (κ3) is 6.97. The Hall–Kier alpha value is -9.36. The summed E-state index contributed by atoms with van der Waals surface area (Å²) in [6.07, 6.45) is 9.75. The Morgan fingerprint density at radius 2 is 0.824 bits per heavy atom. The molecular weight excluding hydrogens is 829 g/mol. The van der Waals surface area contributed by atoms with Crippen molar-refractivity contribution in [1.82, 2.24) is 9.13 Å². The predicted octanol–water partition coefficient (Wildman–Crippen LogP) is 16.3. The van der Waals surface area contributed by atoms with E-state index in [1.54, 1.807) is 0 Å². The summed E-state index contributed by atoms with van der Waals surface area (Å²) in [5.74, 6) is 0. The van der Waals surface area contributed by atoms with E-state index in [-0.39, 0.29) is 6.04 Å². The molecule has 2 aromatic heterocycles. The lowest BCUT2D eigenvalue weighted by molar-refractivity contribution is 0.648. The average molecular weight is 871 g/mol. The first kappa shape index (κ1) is 40.2. The van der Waals surface area contributed by atoms with E-state index in [1.807, 2.05) is 48.5 Å². The zero-order chi connectivity index (χ0) is 45.6. The summed E-state index contributed by atoms with van der Waals surface area (Å²) in [6, 6.07) is 79.1. The molecule has 6 nitrogen and oxygen atoms in total. The molecule has 0 fully saturated rings. The summed E-state index contributed by atoms with van der Waals surface area (Å²) in [5.41, 5.74) is 15.2. The summed E-state index contributed by atoms with van der Waals surface area (Å²) in [6.45, 7) is 0. The average Bonchev–Trinajstić information content (AvgIpc) is 3.92. The lowest BCUT2D eigenvalue weighted by atomic mass is 10.0. The molecule has 11 aromatic rings. The van der Waals surface area contributed by atoms with Crippen LogP contribution in [0.2, 0.25) is 0 Å². The first-order chi connectivity index (χ1) is 33.6. The van der Waals surface area contributed by atoms with E-state index in [9.17, 15) is 10.5 Å². The molecule has 0 spiro atoms. The molecule has 12 rings (SSSR count). The second-order valence-electron chi connectivity index (χ2n) is 17.2. The van der Waals surface area contributed by atoms with Crippen molar-refractivity contribution in [3.63, 3.8) is 0 Å². The number of anilines is 6. The first-order valence-corrected chi connectivity index (χ1v) is 22.9. The highest BCUT2D eigenvalue weighted by Gasteiger charge is 2.21. The molecule has 0 unspecified atom stereocenters. The van der Waals surface area contributed by atoms with Crippen LogP contribution in [-0.2, 0) is 0 Å². The quantitative estimate of drug-likeness (QED) is 0.145. The third-order valence-corrected chi connectivity index (χ3v) is 13.3. The van der Waals surface area contributed by atoms with Crippen LogP contribution < -0.4 is 9.80 Å². The highest BCUT2D eigenvalue weighted by Crippen LogP contribution is 2.43. The largest absolute Gasteiger partial charge is 0.333 e. The van der Waals surface area contributed by atoms with Gasteiger partial charge in [0.15, 0.2) is 0 Å². The number of rotatable bonds is 9. The molecule has 0 saturated carbocycles. The SMILES string of the molecule is N#Cc1ccc(N(c2ccc(-c3ccc(N(c4ccc(C#N)cc4)c4ccc5c(c4)c4ccccc4n5[C@@H]4C=CC=CC4)cc3)cc2)c2ccc3c(c2)c2ccccc2n3-c2ccccc2)cc1. The second-order valence-corrected chi connectivity index (χ2v) is 17.2. The molecule has 0 aliphatic heterocycles. The van der Waals surface area contributed by atoms with Crippen LogP contribution in [-0.4, -0.2) is 9.13 Å². The number of nitrogens with zero attached hydrogens (tertiary/aromatic N) is 6. The Bertz CT molecular complexity index is 3830. The first-order valence-electron chi connectivity index (χ1n) is 22.9. The van der Waals surface area contributed by atoms with Crippen molar-refractivity contribution < 1.29 is 0 Å². The minimum absolute atomic E-state index is 0.243. The molecule has 320 valence electrons. The standard InChI is InChI=1S/C62H42N6/c63-41-43-19-27-49(28-20-43)65(53-35-37-61-57(39-53)55-15-7-9-17-59(55)67(61)47-11-3-1-4-12-47)51-31-23-45(24-32-51)46-25-33-52(34-26-46)66(50-29-21-44(42-64)22-30-50)54-36-38-62-58(40-54)56-16-8-10-18-60(56)68(62)48-13-5-2-6-14-48/h1-13,15-40,48H,14H2/t48-/m1/s1. The number of nitriles is 2. The topological polar surface area (TPSA) is 63.9 Å². The van der Waals surface area contributed by atoms with Crippen LogP contribution in [0.3, 0.4) is 0 Å². The van der Waals surface area contributed by atoms with Gasteiger partial charge in [-0.15, -0.1) is 0 Å². The van der Waals surface area contributed by atoms with Gasteiger partial charge in [-0.3, -0.25) is 0 Å². The van der Waals surface area contributed by atoms with E-state index in [0.29, 0.717) is 11.1 Å². The second kappa shape index (κ2) is 16.9. The van der Waals surface area contributed by atoms with Crippen LogP contribution in [0, 0.1) is 22.7 Å². The molecular formula is C62H42N6. The molecule has 0 saturated heterocycles. The number of benzene rings is 9. The Labute approximate surface area is 394 Å². The van der Waals surface area contributed by atoms with Crippen molar-refractivity contribution in [2.75, 3.05) is 9.80 Å². The van der Waals surface area contributed by atoms with E-state index in [2.05, 4.69) is 219 Å². The number of hydrogen-bond acceptors (Lipinski definition) is 4. The van der Waals surface area contributed by atoms with Crippen LogP contribution in [0.5, 0.6) is 0 Å². The highest BCUT2D eigenvalue weighted by atomic mass is 15.1. The van der Waals surface area contributed by atoms with E-state index in [0.717, 1.165) is 73.8 Å². The van der Waals surface area contributed by atoms with Crippen LogP contribution >= 0.6 is 0 Å². The maximum atomic E-state index is 9.67. The third-order valence-electron chi connectivity index (χ3n) is 13.3. The number of fused-ring (bicyclic) bond motifs is 6. The minimum Gasteiger partial charge on any atom is -0.333 e. The summed E-state index contributed by atoms with van der Waals surface area (Å²) >= 11 is 0. The summed E-state index contributed by atoms with van der Waals surface area (Å²) in [4.78, 5) is 4.53. The van der Waals surface area contributed by atoms with Gasteiger partial charge in [-0.05, 0) is 151 Å². The molecule has 0 bridgehead atoms. The van der Waals surface area contributed by atoms with Crippen molar-refractivity contribution in [3.8, 4) is 29.0 Å². The van der Waals surface area contributed by atoms with Crippen molar-refractivity contribution >= 4 is 77.7 Å². The Morgan fingerprint density at radius 3 is 1.35 bits per heavy atom.